The number of amides is 1. The van der Waals surface area contributed by atoms with Gasteiger partial charge in [0.15, 0.2) is 4.34 Å². The molecule has 0 aliphatic heterocycles. The van der Waals surface area contributed by atoms with E-state index in [0.717, 1.165) is 28.5 Å². The summed E-state index contributed by atoms with van der Waals surface area (Å²) in [6, 6.07) is 18.5. The second-order valence-electron chi connectivity index (χ2n) is 6.41. The Bertz CT molecular complexity index is 1060. The van der Waals surface area contributed by atoms with E-state index in [-0.39, 0.29) is 5.91 Å². The number of hydrogen-bond donors (Lipinski definition) is 2. The number of carbonyl (C=O) groups excluding carboxylic acids is 1. The van der Waals surface area contributed by atoms with Crippen molar-refractivity contribution in [3.05, 3.63) is 71.9 Å². The number of aromatic nitrogens is 3. The molecule has 4 aromatic rings. The molecule has 0 bridgehead atoms. The number of para-hydroxylation sites is 1. The molecule has 2 aromatic heterocycles. The van der Waals surface area contributed by atoms with Crippen molar-refractivity contribution in [1.29, 1.82) is 0 Å². The summed E-state index contributed by atoms with van der Waals surface area (Å²) < 4.78 is 0.859. The van der Waals surface area contributed by atoms with Crippen LogP contribution >= 0.6 is 23.1 Å². The normalized spacial score (nSPS) is 11.0. The van der Waals surface area contributed by atoms with Gasteiger partial charge in [-0.3, -0.25) is 4.79 Å². The van der Waals surface area contributed by atoms with E-state index >= 15 is 0 Å². The lowest BCUT2D eigenvalue weighted by Gasteiger charge is -2.01. The maximum Gasteiger partial charge on any atom is 0.226 e. The van der Waals surface area contributed by atoms with Gasteiger partial charge >= 0.3 is 0 Å². The van der Waals surface area contributed by atoms with Gasteiger partial charge in [-0.15, -0.1) is 10.2 Å². The number of rotatable bonds is 8. The Kier molecular flexibility index (Phi) is 6.04. The Morgan fingerprint density at radius 2 is 1.89 bits per heavy atom. The van der Waals surface area contributed by atoms with Crippen molar-refractivity contribution in [2.45, 2.75) is 29.4 Å². The molecule has 2 N–H and O–H groups in total. The van der Waals surface area contributed by atoms with Gasteiger partial charge in [0.25, 0.3) is 0 Å². The van der Waals surface area contributed by atoms with Crippen molar-refractivity contribution < 1.29 is 4.79 Å². The van der Waals surface area contributed by atoms with Crippen LogP contribution in [0.1, 0.15) is 24.0 Å². The topological polar surface area (TPSA) is 70.7 Å². The number of aromatic amines is 1. The lowest BCUT2D eigenvalue weighted by atomic mass is 10.1. The van der Waals surface area contributed by atoms with Crippen molar-refractivity contribution in [3.63, 3.8) is 0 Å². The van der Waals surface area contributed by atoms with E-state index in [1.807, 2.05) is 36.5 Å². The highest BCUT2D eigenvalue weighted by Crippen LogP contribution is 2.28. The fourth-order valence-electron chi connectivity index (χ4n) is 3.00. The molecule has 0 spiro atoms. The average molecular weight is 409 g/mol. The Morgan fingerprint density at radius 1 is 1.07 bits per heavy atom. The van der Waals surface area contributed by atoms with Gasteiger partial charge in [0, 0.05) is 29.3 Å². The molecule has 0 saturated carbocycles. The van der Waals surface area contributed by atoms with E-state index < -0.39 is 0 Å². The minimum atomic E-state index is -0.0180. The van der Waals surface area contributed by atoms with Crippen LogP contribution in [0.2, 0.25) is 0 Å². The molecule has 28 heavy (non-hydrogen) atoms. The van der Waals surface area contributed by atoms with Gasteiger partial charge in [0.1, 0.15) is 0 Å². The summed E-state index contributed by atoms with van der Waals surface area (Å²) in [4.78, 5) is 15.5. The Morgan fingerprint density at radius 3 is 2.79 bits per heavy atom. The van der Waals surface area contributed by atoms with E-state index in [9.17, 15) is 4.79 Å². The zero-order valence-electron chi connectivity index (χ0n) is 15.2. The van der Waals surface area contributed by atoms with Gasteiger partial charge < -0.3 is 10.3 Å². The van der Waals surface area contributed by atoms with Gasteiger partial charge in [-0.2, -0.15) is 0 Å². The van der Waals surface area contributed by atoms with Crippen LogP contribution in [-0.4, -0.2) is 21.1 Å². The molecule has 0 atom stereocenters. The molecule has 7 heteroatoms. The van der Waals surface area contributed by atoms with Crippen LogP contribution in [0.25, 0.3) is 10.9 Å². The summed E-state index contributed by atoms with van der Waals surface area (Å²) in [5, 5.41) is 12.9. The van der Waals surface area contributed by atoms with Crippen LogP contribution in [0, 0.1) is 0 Å². The summed E-state index contributed by atoms with van der Waals surface area (Å²) in [6.45, 7) is 0. The summed E-state index contributed by atoms with van der Waals surface area (Å²) in [7, 11) is 0. The number of thioether (sulfide) groups is 1. The lowest BCUT2D eigenvalue weighted by molar-refractivity contribution is -0.116. The molecule has 2 heterocycles. The predicted octanol–water partition coefficient (Wildman–Crippen LogP) is 5.27. The van der Waals surface area contributed by atoms with Gasteiger partial charge in [0.05, 0.1) is 0 Å². The maximum absolute atomic E-state index is 12.2. The average Bonchev–Trinajstić information content (AvgIpc) is 3.34. The largest absolute Gasteiger partial charge is 0.361 e. The molecule has 4 rings (SSSR count). The lowest BCUT2D eigenvalue weighted by Crippen LogP contribution is -2.11. The molecule has 142 valence electrons. The molecule has 0 aliphatic carbocycles. The second-order valence-corrected chi connectivity index (χ2v) is 8.61. The highest BCUT2D eigenvalue weighted by atomic mass is 32.2. The summed E-state index contributed by atoms with van der Waals surface area (Å²) in [5.41, 5.74) is 3.63. The number of H-pyrrole nitrogens is 1. The van der Waals surface area contributed by atoms with Crippen LogP contribution in [0.15, 0.2) is 65.1 Å². The van der Waals surface area contributed by atoms with E-state index in [1.54, 1.807) is 11.8 Å². The molecule has 2 aromatic carbocycles. The number of hydrogen-bond acceptors (Lipinski definition) is 5. The maximum atomic E-state index is 12.2. The van der Waals surface area contributed by atoms with Crippen LogP contribution in [0.5, 0.6) is 0 Å². The third-order valence-corrected chi connectivity index (χ3v) is 6.43. The summed E-state index contributed by atoms with van der Waals surface area (Å²) in [6.07, 6.45) is 4.16. The van der Waals surface area contributed by atoms with E-state index in [4.69, 9.17) is 0 Å². The van der Waals surface area contributed by atoms with Crippen LogP contribution in [-0.2, 0) is 17.0 Å². The fourth-order valence-corrected chi connectivity index (χ4v) is 4.72. The van der Waals surface area contributed by atoms with Crippen molar-refractivity contribution in [1.82, 2.24) is 15.2 Å². The number of benzene rings is 2. The highest BCUT2D eigenvalue weighted by molar-refractivity contribution is 8.00. The number of fused-ring (bicyclic) bond motifs is 1. The first-order valence-electron chi connectivity index (χ1n) is 9.13. The fraction of sp³-hybridized carbons (Fsp3) is 0.190. The van der Waals surface area contributed by atoms with Gasteiger partial charge in [0.2, 0.25) is 11.0 Å². The molecule has 0 fully saturated rings. The summed E-state index contributed by atoms with van der Waals surface area (Å²) >= 11 is 3.05. The Balaban J connectivity index is 1.23. The summed E-state index contributed by atoms with van der Waals surface area (Å²) in [5.74, 6) is 0.823. The molecule has 0 aliphatic rings. The zero-order chi connectivity index (χ0) is 19.2. The van der Waals surface area contributed by atoms with Crippen molar-refractivity contribution >= 4 is 45.0 Å². The van der Waals surface area contributed by atoms with Crippen LogP contribution < -0.4 is 5.32 Å². The molecule has 0 radical (unpaired) electrons. The Labute approximate surface area is 171 Å². The quantitative estimate of drug-likeness (QED) is 0.308. The van der Waals surface area contributed by atoms with Crippen molar-refractivity contribution in [2.75, 3.05) is 5.32 Å². The Hall–Kier alpha value is -2.64. The number of anilines is 1. The van der Waals surface area contributed by atoms with Crippen molar-refractivity contribution in [2.24, 2.45) is 0 Å². The third kappa shape index (κ3) is 4.79. The van der Waals surface area contributed by atoms with Crippen LogP contribution in [0.4, 0.5) is 5.13 Å². The second kappa shape index (κ2) is 9.03. The zero-order valence-corrected chi connectivity index (χ0v) is 16.9. The van der Waals surface area contributed by atoms with E-state index in [0.29, 0.717) is 11.6 Å². The molecular weight excluding hydrogens is 388 g/mol. The number of carbonyl (C=O) groups is 1. The highest BCUT2D eigenvalue weighted by Gasteiger charge is 2.10. The molecule has 0 saturated heterocycles. The van der Waals surface area contributed by atoms with Gasteiger partial charge in [-0.25, -0.2) is 0 Å². The number of nitrogens with zero attached hydrogens (tertiary/aromatic N) is 2. The first-order valence-corrected chi connectivity index (χ1v) is 10.9. The van der Waals surface area contributed by atoms with E-state index in [2.05, 4.69) is 44.8 Å². The van der Waals surface area contributed by atoms with Gasteiger partial charge in [-0.1, -0.05) is 71.6 Å². The standard InChI is InChI=1S/C21H20N4OS2/c26-19(12-6-9-16-13-22-18-11-5-4-10-17(16)18)23-20-24-25-21(28-20)27-14-15-7-2-1-3-8-15/h1-5,7-8,10-11,13,22H,6,9,12,14H2,(H,23,24,26). The smallest absolute Gasteiger partial charge is 0.226 e. The van der Waals surface area contributed by atoms with Crippen LogP contribution in [0.3, 0.4) is 0 Å². The van der Waals surface area contributed by atoms with Gasteiger partial charge in [-0.05, 0) is 30.0 Å². The monoisotopic (exact) mass is 408 g/mol. The van der Waals surface area contributed by atoms with E-state index in [1.165, 1.54) is 27.8 Å². The molecule has 1 amide bonds. The minimum Gasteiger partial charge on any atom is -0.361 e. The SMILES string of the molecule is O=C(CCCc1c[nH]c2ccccc12)Nc1nnc(SCc2ccccc2)s1. The number of nitrogens with one attached hydrogen (secondary N) is 2. The minimum absolute atomic E-state index is 0.0180. The molecular formula is C21H20N4OS2. The number of aryl methyl sites for hydroxylation is 1. The molecule has 5 nitrogen and oxygen atoms in total. The first-order chi connectivity index (χ1) is 13.8. The van der Waals surface area contributed by atoms with Crippen molar-refractivity contribution in [3.8, 4) is 0 Å². The first kappa shape index (κ1) is 18.7. The molecule has 0 unspecified atom stereocenters. The third-order valence-electron chi connectivity index (χ3n) is 4.38. The predicted molar refractivity (Wildman–Crippen MR) is 116 cm³/mol.